The summed E-state index contributed by atoms with van der Waals surface area (Å²) in [6, 6.07) is -1.12. The van der Waals surface area contributed by atoms with Crippen molar-refractivity contribution in [2.24, 2.45) is 5.73 Å². The first kappa shape index (κ1) is 29.3. The maximum absolute atomic E-state index is 11.2. The van der Waals surface area contributed by atoms with E-state index in [1.54, 1.807) is 19.6 Å². The van der Waals surface area contributed by atoms with Gasteiger partial charge in [-0.15, -0.1) is 0 Å². The molecular formula is C17H31GaN5O8+3. The van der Waals surface area contributed by atoms with Gasteiger partial charge in [0.15, 0.2) is 0 Å². The standard InChI is InChI=1S/C17H31N5O8.Ga/c18-13(17(29)30)9-19-1-3-20(10-14(23)24)5-7-22(12-16(27)28)8-6-21(4-2-19)11-15(25)26;/h13H,1-12,18H2,(H,23,24)(H,25,26)(H,27,28)(H,29,30);/q;+3/t13-;/m1./s1. The second-order valence-corrected chi connectivity index (χ2v) is 7.25. The summed E-state index contributed by atoms with van der Waals surface area (Å²) >= 11 is 0. The third-order valence-electron chi connectivity index (χ3n) is 4.78. The third kappa shape index (κ3) is 13.4. The molecule has 14 heteroatoms. The van der Waals surface area contributed by atoms with Crippen molar-refractivity contribution in [3.63, 3.8) is 0 Å². The summed E-state index contributed by atoms with van der Waals surface area (Å²) in [7, 11) is 0. The van der Waals surface area contributed by atoms with Crippen molar-refractivity contribution in [3.05, 3.63) is 0 Å². The number of carbonyl (C=O) groups is 4. The van der Waals surface area contributed by atoms with Crippen LogP contribution in [0.2, 0.25) is 0 Å². The Morgan fingerprint density at radius 1 is 0.613 bits per heavy atom. The zero-order valence-electron chi connectivity index (χ0n) is 17.4. The Morgan fingerprint density at radius 2 is 0.871 bits per heavy atom. The maximum atomic E-state index is 11.2. The minimum absolute atomic E-state index is 0. The first-order valence-corrected chi connectivity index (χ1v) is 9.60. The summed E-state index contributed by atoms with van der Waals surface area (Å²) in [6.45, 7) is 1.87. The van der Waals surface area contributed by atoms with Gasteiger partial charge in [0.05, 0.1) is 19.6 Å². The molecule has 0 aromatic carbocycles. The molecule has 0 radical (unpaired) electrons. The van der Waals surface area contributed by atoms with Crippen molar-refractivity contribution in [2.45, 2.75) is 6.04 Å². The second kappa shape index (κ2) is 15.2. The molecule has 0 amide bonds. The van der Waals surface area contributed by atoms with E-state index in [0.29, 0.717) is 52.4 Å². The molecule has 0 aromatic rings. The van der Waals surface area contributed by atoms with Crippen LogP contribution >= 0.6 is 0 Å². The molecule has 1 rings (SSSR count). The minimum atomic E-state index is -1.16. The fourth-order valence-corrected chi connectivity index (χ4v) is 3.17. The molecule has 1 saturated heterocycles. The van der Waals surface area contributed by atoms with E-state index in [1.165, 1.54) is 0 Å². The molecule has 1 atom stereocenters. The number of aliphatic carboxylic acids is 4. The van der Waals surface area contributed by atoms with E-state index in [4.69, 9.17) is 26.2 Å². The number of hydrogen-bond donors (Lipinski definition) is 5. The second-order valence-electron chi connectivity index (χ2n) is 7.25. The molecule has 1 heterocycles. The predicted molar refractivity (Wildman–Crippen MR) is 110 cm³/mol. The summed E-state index contributed by atoms with van der Waals surface area (Å²) in [5.41, 5.74) is 5.64. The van der Waals surface area contributed by atoms with Crippen LogP contribution in [0.3, 0.4) is 0 Å². The Morgan fingerprint density at radius 3 is 1.10 bits per heavy atom. The Kier molecular flexibility index (Phi) is 14.3. The molecule has 1 aliphatic rings. The molecule has 13 nitrogen and oxygen atoms in total. The molecule has 0 saturated carbocycles. The summed E-state index contributed by atoms with van der Waals surface area (Å²) < 4.78 is 0. The van der Waals surface area contributed by atoms with Crippen LogP contribution in [0.15, 0.2) is 0 Å². The number of carboxylic acids is 4. The van der Waals surface area contributed by atoms with Crippen molar-refractivity contribution in [3.8, 4) is 0 Å². The monoisotopic (exact) mass is 502 g/mol. The van der Waals surface area contributed by atoms with Crippen LogP contribution < -0.4 is 5.73 Å². The molecule has 1 fully saturated rings. The first-order chi connectivity index (χ1) is 14.1. The van der Waals surface area contributed by atoms with Gasteiger partial charge in [-0.2, -0.15) is 0 Å². The number of hydrogen-bond acceptors (Lipinski definition) is 9. The van der Waals surface area contributed by atoms with Crippen LogP contribution in [0.1, 0.15) is 0 Å². The van der Waals surface area contributed by atoms with Gasteiger partial charge in [-0.3, -0.25) is 38.8 Å². The minimum Gasteiger partial charge on any atom is -0.480 e. The van der Waals surface area contributed by atoms with Gasteiger partial charge in [0.1, 0.15) is 6.04 Å². The van der Waals surface area contributed by atoms with Crippen molar-refractivity contribution >= 4 is 43.7 Å². The van der Waals surface area contributed by atoms with E-state index in [0.717, 1.165) is 0 Å². The van der Waals surface area contributed by atoms with Crippen LogP contribution in [0.4, 0.5) is 0 Å². The smallest absolute Gasteiger partial charge is 0.480 e. The largest absolute Gasteiger partial charge is 3.00 e. The Hall–Kier alpha value is -1.68. The zero-order chi connectivity index (χ0) is 22.7. The van der Waals surface area contributed by atoms with Crippen LogP contribution in [0.25, 0.3) is 0 Å². The van der Waals surface area contributed by atoms with E-state index in [1.807, 2.05) is 0 Å². The van der Waals surface area contributed by atoms with Gasteiger partial charge in [-0.1, -0.05) is 0 Å². The average Bonchev–Trinajstić information content (AvgIpc) is 2.62. The average molecular weight is 503 g/mol. The van der Waals surface area contributed by atoms with E-state index >= 15 is 0 Å². The van der Waals surface area contributed by atoms with Crippen molar-refractivity contribution in [1.29, 1.82) is 0 Å². The van der Waals surface area contributed by atoms with Gasteiger partial charge in [0.2, 0.25) is 0 Å². The Labute approximate surface area is 193 Å². The number of rotatable bonds is 9. The van der Waals surface area contributed by atoms with Gasteiger partial charge in [0.25, 0.3) is 0 Å². The van der Waals surface area contributed by atoms with E-state index < -0.39 is 29.9 Å². The fraction of sp³-hybridized carbons (Fsp3) is 0.765. The van der Waals surface area contributed by atoms with Crippen LogP contribution in [0.5, 0.6) is 0 Å². The molecule has 0 unspecified atom stereocenters. The maximum Gasteiger partial charge on any atom is 3.00 e. The summed E-state index contributed by atoms with van der Waals surface area (Å²) in [6.07, 6.45) is 0. The van der Waals surface area contributed by atoms with Gasteiger partial charge < -0.3 is 26.2 Å². The normalized spacial score (nSPS) is 19.4. The predicted octanol–water partition coefficient (Wildman–Crippen LogP) is -3.51. The van der Waals surface area contributed by atoms with E-state index in [2.05, 4.69) is 0 Å². The van der Waals surface area contributed by atoms with E-state index in [9.17, 15) is 19.2 Å². The SMILES string of the molecule is N[C@H](CN1CCN(CC(=O)O)CCN(CC(=O)O)CCN(CC(=O)O)CC1)C(=O)O.[Ga+3]. The number of carboxylic acid groups (broad SMARTS) is 4. The molecule has 0 aromatic heterocycles. The topological polar surface area (TPSA) is 188 Å². The van der Waals surface area contributed by atoms with Gasteiger partial charge in [-0.05, 0) is 0 Å². The molecular weight excluding hydrogens is 472 g/mol. The van der Waals surface area contributed by atoms with Gasteiger partial charge in [-0.25, -0.2) is 0 Å². The van der Waals surface area contributed by atoms with Crippen LogP contribution in [-0.4, -0.2) is 168 Å². The van der Waals surface area contributed by atoms with Crippen molar-refractivity contribution < 1.29 is 39.6 Å². The van der Waals surface area contributed by atoms with Crippen molar-refractivity contribution in [1.82, 2.24) is 19.6 Å². The molecule has 1 aliphatic heterocycles. The third-order valence-corrected chi connectivity index (χ3v) is 4.78. The Bertz CT molecular complexity index is 579. The van der Waals surface area contributed by atoms with Gasteiger partial charge >= 0.3 is 43.7 Å². The summed E-state index contributed by atoms with van der Waals surface area (Å²) in [5, 5.41) is 36.5. The molecule has 0 spiro atoms. The molecule has 31 heavy (non-hydrogen) atoms. The van der Waals surface area contributed by atoms with Crippen LogP contribution in [0, 0.1) is 0 Å². The molecule has 172 valence electrons. The zero-order valence-corrected chi connectivity index (χ0v) is 19.9. The molecule has 0 bridgehead atoms. The fourth-order valence-electron chi connectivity index (χ4n) is 3.17. The van der Waals surface area contributed by atoms with Gasteiger partial charge in [0, 0.05) is 58.9 Å². The molecule has 6 N–H and O–H groups in total. The van der Waals surface area contributed by atoms with Crippen molar-refractivity contribution in [2.75, 3.05) is 78.5 Å². The number of nitrogens with zero attached hydrogens (tertiary/aromatic N) is 4. The summed E-state index contributed by atoms with van der Waals surface area (Å²) in [4.78, 5) is 51.3. The molecule has 0 aliphatic carbocycles. The first-order valence-electron chi connectivity index (χ1n) is 9.60. The summed E-state index contributed by atoms with van der Waals surface area (Å²) in [5.74, 6) is -4.22. The van der Waals surface area contributed by atoms with E-state index in [-0.39, 0.29) is 46.0 Å². The number of nitrogens with two attached hydrogens (primary N) is 1. The quantitative estimate of drug-likeness (QED) is 0.195. The Balaban J connectivity index is 0.00000900. The van der Waals surface area contributed by atoms with Crippen LogP contribution in [-0.2, 0) is 19.2 Å².